The number of benzene rings is 2. The number of para-hydroxylation sites is 1. The summed E-state index contributed by atoms with van der Waals surface area (Å²) in [5, 5.41) is 31.3. The van der Waals surface area contributed by atoms with Crippen molar-refractivity contribution in [2.24, 2.45) is 11.8 Å². The maximum Gasteiger partial charge on any atom is 0.331 e. The predicted octanol–water partition coefficient (Wildman–Crippen LogP) is 2.35. The number of nitrogens with one attached hydrogen (secondary N) is 1. The zero-order chi connectivity index (χ0) is 28.6. The number of ether oxygens (including phenoxy) is 2. The van der Waals surface area contributed by atoms with Crippen LogP contribution in [0.5, 0.6) is 0 Å². The van der Waals surface area contributed by atoms with E-state index in [9.17, 15) is 29.9 Å². The summed E-state index contributed by atoms with van der Waals surface area (Å²) < 4.78 is 10.7. The van der Waals surface area contributed by atoms with E-state index in [1.54, 1.807) is 34.6 Å². The van der Waals surface area contributed by atoms with Crippen LogP contribution in [0, 0.1) is 17.0 Å². The molecular formula is C28H38N2O8. The van der Waals surface area contributed by atoms with E-state index in [4.69, 9.17) is 9.47 Å². The molecule has 2 aromatic rings. The monoisotopic (exact) mass is 530 g/mol. The Hall–Kier alpha value is -3.31. The molecule has 0 radical (unpaired) electrons. The number of aliphatic hydroxyl groups excluding tert-OH is 1. The van der Waals surface area contributed by atoms with Gasteiger partial charge in [-0.15, -0.1) is 0 Å². The highest BCUT2D eigenvalue weighted by Gasteiger charge is 2.42. The molecule has 0 aliphatic heterocycles. The van der Waals surface area contributed by atoms with Crippen LogP contribution in [0.15, 0.2) is 54.6 Å². The van der Waals surface area contributed by atoms with Gasteiger partial charge in [-0.25, -0.2) is 10.0 Å². The van der Waals surface area contributed by atoms with Crippen LogP contribution in [-0.4, -0.2) is 58.4 Å². The Labute approximate surface area is 223 Å². The van der Waals surface area contributed by atoms with Crippen molar-refractivity contribution in [3.8, 4) is 0 Å². The van der Waals surface area contributed by atoms with Gasteiger partial charge in [0.05, 0.1) is 18.4 Å². The van der Waals surface area contributed by atoms with Crippen LogP contribution in [-0.2, 0) is 30.3 Å². The Bertz CT molecular complexity index is 1080. The molecule has 4 unspecified atom stereocenters. The van der Waals surface area contributed by atoms with E-state index >= 15 is 0 Å². The number of hydrogen-bond acceptors (Lipinski definition) is 8. The SMILES string of the molecule is CCOC(=O)C(C(O)c1ccccc1[NH+]([O-])O)N(C)C(=O)[C@H](Cc1ccccc1)C(C)C(=O)OC(C)(C)C. The van der Waals surface area contributed by atoms with Crippen LogP contribution in [0.4, 0.5) is 5.69 Å². The molecule has 38 heavy (non-hydrogen) atoms. The molecule has 5 atom stereocenters. The summed E-state index contributed by atoms with van der Waals surface area (Å²) in [7, 11) is 1.33. The van der Waals surface area contributed by atoms with Crippen molar-refractivity contribution >= 4 is 23.5 Å². The molecule has 0 aromatic heterocycles. The van der Waals surface area contributed by atoms with Crippen molar-refractivity contribution in [3.63, 3.8) is 0 Å². The number of quaternary nitrogens is 1. The normalized spacial score (nSPS) is 15.5. The van der Waals surface area contributed by atoms with Gasteiger partial charge in [0.2, 0.25) is 5.91 Å². The first kappa shape index (κ1) is 30.9. The van der Waals surface area contributed by atoms with Crippen molar-refractivity contribution in [1.29, 1.82) is 0 Å². The van der Waals surface area contributed by atoms with E-state index in [1.165, 1.54) is 31.3 Å². The van der Waals surface area contributed by atoms with Gasteiger partial charge in [-0.3, -0.25) is 9.59 Å². The number of carbonyl (C=O) groups is 3. The second-order valence-electron chi connectivity index (χ2n) is 10.1. The molecule has 0 spiro atoms. The third-order valence-electron chi connectivity index (χ3n) is 6.10. The molecule has 0 bridgehead atoms. The molecular weight excluding hydrogens is 492 g/mol. The predicted molar refractivity (Wildman–Crippen MR) is 139 cm³/mol. The highest BCUT2D eigenvalue weighted by atomic mass is 16.8. The number of hydrogen-bond donors (Lipinski definition) is 3. The minimum absolute atomic E-state index is 0.0214. The van der Waals surface area contributed by atoms with Crippen LogP contribution in [0.25, 0.3) is 0 Å². The Morgan fingerprint density at radius 3 is 2.16 bits per heavy atom. The van der Waals surface area contributed by atoms with E-state index in [2.05, 4.69) is 0 Å². The van der Waals surface area contributed by atoms with Crippen LogP contribution in [0.3, 0.4) is 0 Å². The second-order valence-corrected chi connectivity index (χ2v) is 10.1. The lowest BCUT2D eigenvalue weighted by Crippen LogP contribution is -2.99. The van der Waals surface area contributed by atoms with Crippen LogP contribution in [0.2, 0.25) is 0 Å². The summed E-state index contributed by atoms with van der Waals surface area (Å²) in [5.74, 6) is -3.92. The van der Waals surface area contributed by atoms with Crippen LogP contribution >= 0.6 is 0 Å². The maximum absolute atomic E-state index is 13.9. The number of esters is 2. The molecule has 0 saturated carbocycles. The average Bonchev–Trinajstić information content (AvgIpc) is 2.86. The van der Waals surface area contributed by atoms with Gasteiger partial charge in [0.15, 0.2) is 11.7 Å². The molecule has 3 N–H and O–H groups in total. The van der Waals surface area contributed by atoms with Gasteiger partial charge in [0.25, 0.3) is 0 Å². The van der Waals surface area contributed by atoms with Gasteiger partial charge in [0.1, 0.15) is 11.7 Å². The quantitative estimate of drug-likeness (QED) is 0.297. The fourth-order valence-electron chi connectivity index (χ4n) is 4.15. The zero-order valence-electron chi connectivity index (χ0n) is 22.7. The third-order valence-corrected chi connectivity index (χ3v) is 6.10. The standard InChI is InChI=1S/C28H38N2O8/c1-7-37-27(34)23(24(31)20-15-11-12-16-22(20)30(35)36)29(6)25(32)21(17-19-13-9-8-10-14-19)18(2)26(33)38-28(3,4)5/h8-16,18,21,23-24,30-31,35H,7,17H2,1-6H3/t18?,21-,23?,24?/m1/s1. The van der Waals surface area contributed by atoms with Gasteiger partial charge in [-0.1, -0.05) is 55.5 Å². The number of likely N-dealkylation sites (N-methyl/N-ethyl adjacent to an activating group) is 1. The van der Waals surface area contributed by atoms with Crippen molar-refractivity contribution < 1.29 is 39.4 Å². The highest BCUT2D eigenvalue weighted by Crippen LogP contribution is 2.30. The molecule has 0 heterocycles. The number of aliphatic hydroxyl groups is 1. The first-order valence-corrected chi connectivity index (χ1v) is 12.5. The smallest absolute Gasteiger partial charge is 0.331 e. The molecule has 1 amide bonds. The zero-order valence-corrected chi connectivity index (χ0v) is 22.7. The van der Waals surface area contributed by atoms with E-state index < -0.39 is 52.7 Å². The molecule has 2 aromatic carbocycles. The van der Waals surface area contributed by atoms with Crippen LogP contribution < -0.4 is 5.23 Å². The largest absolute Gasteiger partial charge is 0.595 e. The van der Waals surface area contributed by atoms with Gasteiger partial charge in [-0.05, 0) is 39.7 Å². The Kier molecular flexibility index (Phi) is 11.0. The first-order chi connectivity index (χ1) is 17.8. The molecule has 0 aliphatic carbocycles. The maximum atomic E-state index is 13.9. The lowest BCUT2D eigenvalue weighted by molar-refractivity contribution is -0.991. The van der Waals surface area contributed by atoms with Gasteiger partial charge in [0, 0.05) is 18.7 Å². The molecule has 0 fully saturated rings. The highest BCUT2D eigenvalue weighted by molar-refractivity contribution is 5.89. The van der Waals surface area contributed by atoms with Gasteiger partial charge < -0.3 is 24.7 Å². The van der Waals surface area contributed by atoms with E-state index in [0.717, 1.165) is 10.5 Å². The Balaban J connectivity index is 2.51. The Morgan fingerprint density at radius 2 is 1.61 bits per heavy atom. The second kappa shape index (κ2) is 13.5. The number of nitrogens with zero attached hydrogens (tertiary/aromatic N) is 1. The third kappa shape index (κ3) is 8.09. The first-order valence-electron chi connectivity index (χ1n) is 12.5. The lowest BCUT2D eigenvalue weighted by atomic mass is 9.85. The number of amides is 1. The number of carbonyl (C=O) groups excluding carboxylic acids is 3. The van der Waals surface area contributed by atoms with Crippen LogP contribution in [0.1, 0.15) is 51.8 Å². The molecule has 208 valence electrons. The van der Waals surface area contributed by atoms with Crippen molar-refractivity contribution in [2.75, 3.05) is 13.7 Å². The van der Waals surface area contributed by atoms with E-state index in [1.807, 2.05) is 30.3 Å². The minimum Gasteiger partial charge on any atom is -0.595 e. The van der Waals surface area contributed by atoms with Gasteiger partial charge in [-0.2, -0.15) is 5.23 Å². The fourth-order valence-corrected chi connectivity index (χ4v) is 4.15. The molecule has 0 aliphatic rings. The summed E-state index contributed by atoms with van der Waals surface area (Å²) in [6.07, 6.45) is -1.54. The minimum atomic E-state index is -1.70. The van der Waals surface area contributed by atoms with E-state index in [-0.39, 0.29) is 24.3 Å². The fraction of sp³-hybridized carbons (Fsp3) is 0.464. The summed E-state index contributed by atoms with van der Waals surface area (Å²) in [6, 6.07) is 13.2. The average molecular weight is 531 g/mol. The summed E-state index contributed by atoms with van der Waals surface area (Å²) in [5.41, 5.74) is -0.239. The lowest BCUT2D eigenvalue weighted by Gasteiger charge is -2.35. The summed E-state index contributed by atoms with van der Waals surface area (Å²) in [6.45, 7) is 8.33. The van der Waals surface area contributed by atoms with Gasteiger partial charge >= 0.3 is 11.9 Å². The molecule has 0 saturated heterocycles. The molecule has 2 rings (SSSR count). The molecule has 10 heteroatoms. The summed E-state index contributed by atoms with van der Waals surface area (Å²) in [4.78, 5) is 41.0. The number of rotatable bonds is 11. The topological polar surface area (TPSA) is 141 Å². The Morgan fingerprint density at radius 1 is 1.03 bits per heavy atom. The summed E-state index contributed by atoms with van der Waals surface area (Å²) >= 11 is 0. The van der Waals surface area contributed by atoms with Crippen molar-refractivity contribution in [3.05, 3.63) is 70.9 Å². The molecule has 10 nitrogen and oxygen atoms in total. The van der Waals surface area contributed by atoms with Crippen molar-refractivity contribution in [2.45, 2.75) is 58.8 Å². The van der Waals surface area contributed by atoms with E-state index in [0.29, 0.717) is 0 Å². The van der Waals surface area contributed by atoms with Crippen molar-refractivity contribution in [1.82, 2.24) is 4.90 Å².